The van der Waals surface area contributed by atoms with Crippen LogP contribution in [0.25, 0.3) is 0 Å². The monoisotopic (exact) mass is 459 g/mol. The van der Waals surface area contributed by atoms with Crippen molar-refractivity contribution >= 4 is 33.6 Å². The van der Waals surface area contributed by atoms with Crippen LogP contribution in [-0.2, 0) is 19.6 Å². The van der Waals surface area contributed by atoms with Crippen LogP contribution in [0.3, 0.4) is 0 Å². The smallest absolute Gasteiger partial charge is 0.315 e. The van der Waals surface area contributed by atoms with Gasteiger partial charge in [0.25, 0.3) is 5.56 Å². The average molecular weight is 461 g/mol. The molecule has 0 aliphatic rings. The average Bonchev–Trinajstić information content (AvgIpc) is 2.68. The van der Waals surface area contributed by atoms with Crippen molar-refractivity contribution in [2.24, 2.45) is 0 Å². The number of carbonyl (C=O) groups is 1. The standard InChI is InChI=1S/C21H19BrClN3O2/c22-18-9-8-17(19(23)11-18)13-25-21(28)24-12-15-4-6-16(7-5-15)14-26-10-2-1-3-20(26)27/h1-11H,12-14H2,(H2,24,25,28). The third-order valence-corrected chi connectivity index (χ3v) is 5.03. The van der Waals surface area contributed by atoms with Gasteiger partial charge in [0, 0.05) is 34.8 Å². The van der Waals surface area contributed by atoms with E-state index in [2.05, 4.69) is 26.6 Å². The van der Waals surface area contributed by atoms with E-state index >= 15 is 0 Å². The highest BCUT2D eigenvalue weighted by atomic mass is 79.9. The molecular formula is C21H19BrClN3O2. The van der Waals surface area contributed by atoms with Gasteiger partial charge in [0.2, 0.25) is 0 Å². The van der Waals surface area contributed by atoms with Gasteiger partial charge in [-0.1, -0.05) is 63.9 Å². The first-order chi connectivity index (χ1) is 13.5. The summed E-state index contributed by atoms with van der Waals surface area (Å²) >= 11 is 9.50. The molecule has 2 aromatic carbocycles. The summed E-state index contributed by atoms with van der Waals surface area (Å²) in [6.45, 7) is 1.27. The molecule has 3 rings (SSSR count). The molecule has 2 N–H and O–H groups in total. The van der Waals surface area contributed by atoms with E-state index < -0.39 is 0 Å². The Bertz CT molecular complexity index is 1020. The van der Waals surface area contributed by atoms with Gasteiger partial charge in [-0.25, -0.2) is 4.79 Å². The van der Waals surface area contributed by atoms with E-state index in [0.717, 1.165) is 21.2 Å². The molecule has 0 aliphatic heterocycles. The predicted octanol–water partition coefficient (Wildman–Crippen LogP) is 4.31. The van der Waals surface area contributed by atoms with Crippen LogP contribution in [0.15, 0.2) is 76.1 Å². The minimum absolute atomic E-state index is 0.0317. The highest BCUT2D eigenvalue weighted by Crippen LogP contribution is 2.21. The SMILES string of the molecule is O=C(NCc1ccc(Cn2ccccc2=O)cc1)NCc1ccc(Br)cc1Cl. The Morgan fingerprint density at radius 3 is 2.39 bits per heavy atom. The third-order valence-electron chi connectivity index (χ3n) is 4.18. The molecule has 0 bridgehead atoms. The van der Waals surface area contributed by atoms with Crippen molar-refractivity contribution in [2.75, 3.05) is 0 Å². The third kappa shape index (κ3) is 5.71. The van der Waals surface area contributed by atoms with Gasteiger partial charge in [0.05, 0.1) is 6.54 Å². The molecule has 0 radical (unpaired) electrons. The molecule has 0 saturated heterocycles. The molecule has 1 aromatic heterocycles. The van der Waals surface area contributed by atoms with Crippen molar-refractivity contribution in [3.05, 3.63) is 103 Å². The van der Waals surface area contributed by atoms with Crippen molar-refractivity contribution in [1.29, 1.82) is 0 Å². The quantitative estimate of drug-likeness (QED) is 0.576. The van der Waals surface area contributed by atoms with Gasteiger partial charge in [0.1, 0.15) is 0 Å². The van der Waals surface area contributed by atoms with Crippen molar-refractivity contribution in [2.45, 2.75) is 19.6 Å². The summed E-state index contributed by atoms with van der Waals surface area (Å²) in [7, 11) is 0. The zero-order valence-electron chi connectivity index (χ0n) is 15.0. The minimum atomic E-state index is -0.265. The first-order valence-corrected chi connectivity index (χ1v) is 9.87. The van der Waals surface area contributed by atoms with E-state index in [0.29, 0.717) is 24.7 Å². The number of nitrogens with one attached hydrogen (secondary N) is 2. The lowest BCUT2D eigenvalue weighted by molar-refractivity contribution is 0.240. The Kier molecular flexibility index (Phi) is 6.90. The van der Waals surface area contributed by atoms with Gasteiger partial charge < -0.3 is 15.2 Å². The summed E-state index contributed by atoms with van der Waals surface area (Å²) in [6, 6.07) is 18.2. The second-order valence-corrected chi connectivity index (χ2v) is 7.58. The fourth-order valence-corrected chi connectivity index (χ4v) is 3.38. The van der Waals surface area contributed by atoms with Gasteiger partial charge in [0.15, 0.2) is 0 Å². The number of carbonyl (C=O) groups excluding carboxylic acids is 1. The first-order valence-electron chi connectivity index (χ1n) is 8.70. The number of pyridine rings is 1. The number of benzene rings is 2. The lowest BCUT2D eigenvalue weighted by atomic mass is 10.1. The maximum atomic E-state index is 12.0. The van der Waals surface area contributed by atoms with Crippen LogP contribution in [-0.4, -0.2) is 10.6 Å². The van der Waals surface area contributed by atoms with Gasteiger partial charge >= 0.3 is 6.03 Å². The van der Waals surface area contributed by atoms with E-state index in [4.69, 9.17) is 11.6 Å². The van der Waals surface area contributed by atoms with Crippen LogP contribution in [0, 0.1) is 0 Å². The molecule has 28 heavy (non-hydrogen) atoms. The zero-order chi connectivity index (χ0) is 19.9. The molecule has 144 valence electrons. The van der Waals surface area contributed by atoms with E-state index in [1.807, 2.05) is 42.5 Å². The van der Waals surface area contributed by atoms with Crippen LogP contribution in [0.2, 0.25) is 5.02 Å². The summed E-state index contributed by atoms with van der Waals surface area (Å²) in [5.74, 6) is 0. The van der Waals surface area contributed by atoms with Crippen molar-refractivity contribution in [3.8, 4) is 0 Å². The minimum Gasteiger partial charge on any atom is -0.334 e. The molecule has 3 aromatic rings. The largest absolute Gasteiger partial charge is 0.334 e. The summed E-state index contributed by atoms with van der Waals surface area (Å²) in [5, 5.41) is 6.21. The van der Waals surface area contributed by atoms with E-state index in [1.54, 1.807) is 29.0 Å². The fourth-order valence-electron chi connectivity index (χ4n) is 2.64. The van der Waals surface area contributed by atoms with Gasteiger partial charge in [-0.2, -0.15) is 0 Å². The van der Waals surface area contributed by atoms with E-state index in [-0.39, 0.29) is 11.6 Å². The first kappa shape index (κ1) is 20.2. The summed E-state index contributed by atoms with van der Waals surface area (Å²) in [6.07, 6.45) is 1.76. The van der Waals surface area contributed by atoms with Gasteiger partial charge in [-0.15, -0.1) is 0 Å². The molecule has 0 saturated carbocycles. The Hall–Kier alpha value is -2.57. The molecule has 1 heterocycles. The highest BCUT2D eigenvalue weighted by Gasteiger charge is 2.05. The molecule has 7 heteroatoms. The van der Waals surface area contributed by atoms with Crippen LogP contribution in [0.1, 0.15) is 16.7 Å². The predicted molar refractivity (Wildman–Crippen MR) is 114 cm³/mol. The molecule has 5 nitrogen and oxygen atoms in total. The highest BCUT2D eigenvalue weighted by molar-refractivity contribution is 9.10. The number of hydrogen-bond acceptors (Lipinski definition) is 2. The number of aromatic nitrogens is 1. The van der Waals surface area contributed by atoms with E-state index in [1.165, 1.54) is 0 Å². The topological polar surface area (TPSA) is 63.1 Å². The zero-order valence-corrected chi connectivity index (χ0v) is 17.3. The second kappa shape index (κ2) is 9.57. The maximum absolute atomic E-state index is 12.0. The number of halogens is 2. The number of amides is 2. The molecule has 0 spiro atoms. The van der Waals surface area contributed by atoms with Crippen molar-refractivity contribution < 1.29 is 4.79 Å². The molecule has 0 unspecified atom stereocenters. The van der Waals surface area contributed by atoms with E-state index in [9.17, 15) is 9.59 Å². The van der Waals surface area contributed by atoms with Crippen LogP contribution >= 0.6 is 27.5 Å². The van der Waals surface area contributed by atoms with Crippen molar-refractivity contribution in [3.63, 3.8) is 0 Å². The fraction of sp³-hybridized carbons (Fsp3) is 0.143. The lowest BCUT2D eigenvalue weighted by Crippen LogP contribution is -2.34. The Morgan fingerprint density at radius 1 is 0.964 bits per heavy atom. The number of hydrogen-bond donors (Lipinski definition) is 2. The summed E-state index contributed by atoms with van der Waals surface area (Å²) in [4.78, 5) is 23.8. The van der Waals surface area contributed by atoms with Gasteiger partial charge in [-0.3, -0.25) is 4.79 Å². The molecule has 0 fully saturated rings. The van der Waals surface area contributed by atoms with Gasteiger partial charge in [-0.05, 0) is 34.9 Å². The Labute approximate surface area is 176 Å². The normalized spacial score (nSPS) is 10.5. The number of urea groups is 1. The maximum Gasteiger partial charge on any atom is 0.315 e. The Balaban J connectivity index is 1.48. The summed E-state index contributed by atoms with van der Waals surface area (Å²) in [5.41, 5.74) is 2.81. The van der Waals surface area contributed by atoms with Crippen molar-refractivity contribution in [1.82, 2.24) is 15.2 Å². The lowest BCUT2D eigenvalue weighted by Gasteiger charge is -2.10. The number of rotatable bonds is 6. The van der Waals surface area contributed by atoms with Crippen LogP contribution in [0.5, 0.6) is 0 Å². The summed E-state index contributed by atoms with van der Waals surface area (Å²) < 4.78 is 2.54. The molecule has 0 atom stereocenters. The second-order valence-electron chi connectivity index (χ2n) is 6.26. The molecule has 2 amide bonds. The van der Waals surface area contributed by atoms with Crippen LogP contribution < -0.4 is 16.2 Å². The molecule has 0 aliphatic carbocycles. The van der Waals surface area contributed by atoms with Crippen LogP contribution in [0.4, 0.5) is 4.79 Å². The Morgan fingerprint density at radius 2 is 1.68 bits per heavy atom. The molecular weight excluding hydrogens is 442 g/mol. The number of nitrogens with zero attached hydrogens (tertiary/aromatic N) is 1.